The number of carboxylic acid groups (broad SMARTS) is 2. The average Bonchev–Trinajstić information content (AvgIpc) is 3.35. The van der Waals surface area contributed by atoms with Gasteiger partial charge in [0.2, 0.25) is 5.91 Å². The van der Waals surface area contributed by atoms with Crippen LogP contribution in [0.5, 0.6) is 0 Å². The summed E-state index contributed by atoms with van der Waals surface area (Å²) >= 11 is 1.07. The second-order valence-electron chi connectivity index (χ2n) is 9.97. The first-order valence-corrected chi connectivity index (χ1v) is 12.0. The molecule has 0 bridgehead atoms. The zero-order valence-corrected chi connectivity index (χ0v) is 20.0. The van der Waals surface area contributed by atoms with E-state index in [1.54, 1.807) is 11.0 Å². The summed E-state index contributed by atoms with van der Waals surface area (Å²) in [6, 6.07) is 1.31. The second-order valence-corrected chi connectivity index (χ2v) is 11.0. The number of hydrogen-bond donors (Lipinski definition) is 2. The van der Waals surface area contributed by atoms with Gasteiger partial charge in [-0.2, -0.15) is 0 Å². The van der Waals surface area contributed by atoms with E-state index >= 15 is 0 Å². The number of carbonyl (C=O) groups is 3. The molecule has 1 saturated carbocycles. The molecule has 2 heterocycles. The molecule has 2 aliphatic rings. The van der Waals surface area contributed by atoms with E-state index in [-0.39, 0.29) is 34.7 Å². The Labute approximate surface area is 193 Å². The van der Waals surface area contributed by atoms with Crippen LogP contribution in [-0.2, 0) is 4.79 Å². The fraction of sp³-hybridized carbons (Fsp3) is 0.625. The van der Waals surface area contributed by atoms with Gasteiger partial charge in [0.05, 0.1) is 16.6 Å². The maximum atomic E-state index is 13.7. The maximum absolute atomic E-state index is 13.7. The van der Waals surface area contributed by atoms with Gasteiger partial charge in [0.15, 0.2) is 0 Å². The molecule has 0 spiro atoms. The number of thiophene rings is 1. The van der Waals surface area contributed by atoms with E-state index in [1.807, 2.05) is 20.8 Å². The van der Waals surface area contributed by atoms with Crippen molar-refractivity contribution in [3.8, 4) is 11.8 Å². The molecule has 1 aromatic rings. The number of aromatic carboxylic acids is 1. The number of carboxylic acids is 1. The van der Waals surface area contributed by atoms with Gasteiger partial charge in [0.1, 0.15) is 4.88 Å². The molecule has 1 aliphatic heterocycles. The lowest BCUT2D eigenvalue weighted by molar-refractivity contribution is -0.124. The lowest BCUT2D eigenvalue weighted by atomic mass is 9.82. The summed E-state index contributed by atoms with van der Waals surface area (Å²) in [6.45, 7) is 8.63. The molecule has 1 saturated heterocycles. The van der Waals surface area contributed by atoms with Crippen molar-refractivity contribution in [2.24, 2.45) is 17.3 Å². The van der Waals surface area contributed by atoms with E-state index < -0.39 is 12.1 Å². The molecule has 1 aromatic heterocycles. The Hall–Kier alpha value is -2.53. The number of nitrogens with zero attached hydrogens (tertiary/aromatic N) is 2. The Balaban J connectivity index is 2.01. The fourth-order valence-electron chi connectivity index (χ4n) is 4.35. The van der Waals surface area contributed by atoms with Crippen LogP contribution < -0.4 is 4.90 Å². The first-order valence-electron chi connectivity index (χ1n) is 11.2. The van der Waals surface area contributed by atoms with Gasteiger partial charge < -0.3 is 20.0 Å². The summed E-state index contributed by atoms with van der Waals surface area (Å²) in [5, 5.41) is 19.3. The highest BCUT2D eigenvalue weighted by atomic mass is 32.1. The van der Waals surface area contributed by atoms with Crippen molar-refractivity contribution in [3.05, 3.63) is 15.8 Å². The molecule has 1 aliphatic carbocycles. The molecule has 0 unspecified atom stereocenters. The van der Waals surface area contributed by atoms with E-state index in [4.69, 9.17) is 0 Å². The Morgan fingerprint density at radius 3 is 2.31 bits per heavy atom. The third-order valence-electron chi connectivity index (χ3n) is 6.13. The predicted molar refractivity (Wildman–Crippen MR) is 124 cm³/mol. The number of hydrogen-bond acceptors (Lipinski definition) is 4. The number of rotatable bonds is 4. The quantitative estimate of drug-likeness (QED) is 0.632. The summed E-state index contributed by atoms with van der Waals surface area (Å²) in [4.78, 5) is 40.8. The van der Waals surface area contributed by atoms with Crippen LogP contribution in [0.2, 0.25) is 0 Å². The number of carbonyl (C=O) groups excluding carboxylic acids is 1. The first-order chi connectivity index (χ1) is 15.0. The summed E-state index contributed by atoms with van der Waals surface area (Å²) in [6.07, 6.45) is 2.94. The number of anilines is 1. The molecule has 2 N–H and O–H groups in total. The molecule has 32 heavy (non-hydrogen) atoms. The van der Waals surface area contributed by atoms with Gasteiger partial charge in [-0.1, -0.05) is 18.8 Å². The summed E-state index contributed by atoms with van der Waals surface area (Å²) in [7, 11) is 0. The minimum absolute atomic E-state index is 0.0783. The molecule has 2 fully saturated rings. The van der Waals surface area contributed by atoms with Gasteiger partial charge in [-0.3, -0.25) is 4.79 Å². The van der Waals surface area contributed by atoms with Crippen molar-refractivity contribution in [2.75, 3.05) is 18.0 Å². The number of likely N-dealkylation sites (tertiary alicyclic amines) is 1. The molecule has 0 aromatic carbocycles. The van der Waals surface area contributed by atoms with Gasteiger partial charge in [0.25, 0.3) is 0 Å². The molecule has 3 rings (SSSR count). The lowest BCUT2D eigenvalue weighted by Gasteiger charge is -2.34. The Morgan fingerprint density at radius 1 is 1.12 bits per heavy atom. The average molecular weight is 461 g/mol. The molecule has 7 nitrogen and oxygen atoms in total. The molecule has 174 valence electrons. The van der Waals surface area contributed by atoms with Crippen molar-refractivity contribution in [1.29, 1.82) is 0 Å². The highest BCUT2D eigenvalue weighted by Crippen LogP contribution is 2.37. The smallest absolute Gasteiger partial charge is 0.407 e. The van der Waals surface area contributed by atoms with E-state index in [0.717, 1.165) is 37.0 Å². The van der Waals surface area contributed by atoms with Gasteiger partial charge in [-0.25, -0.2) is 9.59 Å². The molecule has 8 heteroatoms. The van der Waals surface area contributed by atoms with Crippen LogP contribution in [0.1, 0.15) is 74.3 Å². The minimum Gasteiger partial charge on any atom is -0.477 e. The molecule has 1 atom stereocenters. The Kier molecular flexibility index (Phi) is 7.19. The first kappa shape index (κ1) is 24.1. The zero-order chi connectivity index (χ0) is 23.6. The van der Waals surface area contributed by atoms with E-state index in [1.165, 1.54) is 4.90 Å². The minimum atomic E-state index is -1.10. The zero-order valence-electron chi connectivity index (χ0n) is 19.2. The van der Waals surface area contributed by atoms with Crippen LogP contribution >= 0.6 is 11.3 Å². The third kappa shape index (κ3) is 5.63. The molecular formula is C24H32N2O5S. The fourth-order valence-corrected chi connectivity index (χ4v) is 5.19. The SMILES string of the molecule is CC1CCC(C(=O)N(c2cc(C#CC(C)(C)C)sc2C(=O)O)[C@H]2CCN(C(=O)O)C2)CC1. The van der Waals surface area contributed by atoms with E-state index in [2.05, 4.69) is 18.8 Å². The monoisotopic (exact) mass is 460 g/mol. The van der Waals surface area contributed by atoms with Crippen LogP contribution in [0.25, 0.3) is 0 Å². The van der Waals surface area contributed by atoms with Crippen LogP contribution in [0.4, 0.5) is 10.5 Å². The standard InChI is InChI=1S/C24H32N2O5S/c1-15-5-7-16(8-6-15)21(27)26(17-10-12-25(14-17)23(30)31)19-13-18(9-11-24(2,3)4)32-20(19)22(28)29/h13,15-17H,5-8,10,12,14H2,1-4H3,(H,28,29)(H,30,31)/t15?,16?,17-/m0/s1. The van der Waals surface area contributed by atoms with Crippen LogP contribution in [0.3, 0.4) is 0 Å². The van der Waals surface area contributed by atoms with Crippen molar-refractivity contribution in [1.82, 2.24) is 4.90 Å². The maximum Gasteiger partial charge on any atom is 0.407 e. The Bertz CT molecular complexity index is 944. The van der Waals surface area contributed by atoms with Crippen molar-refractivity contribution in [3.63, 3.8) is 0 Å². The summed E-state index contributed by atoms with van der Waals surface area (Å²) in [5.41, 5.74) is 0.108. The van der Waals surface area contributed by atoms with Crippen LogP contribution in [0.15, 0.2) is 6.07 Å². The highest BCUT2D eigenvalue weighted by Gasteiger charge is 2.39. The van der Waals surface area contributed by atoms with Gasteiger partial charge in [-0.05, 0) is 64.9 Å². The normalized spacial score (nSPS) is 23.4. The second kappa shape index (κ2) is 9.53. The Morgan fingerprint density at radius 2 is 1.78 bits per heavy atom. The van der Waals surface area contributed by atoms with Crippen molar-refractivity contribution >= 4 is 35.0 Å². The predicted octanol–water partition coefficient (Wildman–Crippen LogP) is 4.76. The summed E-state index contributed by atoms with van der Waals surface area (Å²) in [5.74, 6) is 5.40. The highest BCUT2D eigenvalue weighted by molar-refractivity contribution is 7.15. The van der Waals surface area contributed by atoms with Gasteiger partial charge in [-0.15, -0.1) is 11.3 Å². The summed E-state index contributed by atoms with van der Waals surface area (Å²) < 4.78 is 0. The van der Waals surface area contributed by atoms with Gasteiger partial charge >= 0.3 is 12.1 Å². The van der Waals surface area contributed by atoms with E-state index in [9.17, 15) is 24.6 Å². The third-order valence-corrected chi connectivity index (χ3v) is 7.16. The molecule has 0 radical (unpaired) electrons. The largest absolute Gasteiger partial charge is 0.477 e. The molecule has 2 amide bonds. The van der Waals surface area contributed by atoms with Gasteiger partial charge in [0, 0.05) is 24.4 Å². The van der Waals surface area contributed by atoms with E-state index in [0.29, 0.717) is 29.4 Å². The van der Waals surface area contributed by atoms with Crippen molar-refractivity contribution < 1.29 is 24.6 Å². The van der Waals surface area contributed by atoms with Crippen LogP contribution in [0, 0.1) is 29.1 Å². The van der Waals surface area contributed by atoms with Crippen molar-refractivity contribution in [2.45, 2.75) is 65.8 Å². The topological polar surface area (TPSA) is 98.2 Å². The van der Waals surface area contributed by atoms with Crippen LogP contribution in [-0.4, -0.2) is 52.2 Å². The number of amides is 2. The molecular weight excluding hydrogens is 428 g/mol. The lowest BCUT2D eigenvalue weighted by Crippen LogP contribution is -2.46.